The van der Waals surface area contributed by atoms with Crippen LogP contribution >= 0.6 is 34.5 Å². The van der Waals surface area contributed by atoms with E-state index in [1.54, 1.807) is 4.90 Å². The summed E-state index contributed by atoms with van der Waals surface area (Å²) in [6, 6.07) is 1.10. The lowest BCUT2D eigenvalue weighted by Gasteiger charge is -2.30. The van der Waals surface area contributed by atoms with Crippen LogP contribution in [0.5, 0.6) is 0 Å². The van der Waals surface area contributed by atoms with E-state index >= 15 is 0 Å². The highest BCUT2D eigenvalue weighted by Crippen LogP contribution is 2.34. The standard InChI is InChI=1S/C11H14Cl2N2O4S2/c12-9-5-8(11(13)20-9)21(18,19)14-7-1-3-15(4-2-7)6-10(16)17/h5,7,14H,1-4,6H2,(H,16,17). The van der Waals surface area contributed by atoms with Crippen molar-refractivity contribution in [2.24, 2.45) is 0 Å². The highest BCUT2D eigenvalue weighted by Gasteiger charge is 2.27. The molecule has 0 saturated carbocycles. The van der Waals surface area contributed by atoms with Gasteiger partial charge in [-0.15, -0.1) is 11.3 Å². The molecule has 0 aromatic carbocycles. The minimum Gasteiger partial charge on any atom is -0.480 e. The lowest BCUT2D eigenvalue weighted by molar-refractivity contribution is -0.138. The van der Waals surface area contributed by atoms with Gasteiger partial charge in [0.15, 0.2) is 0 Å². The van der Waals surface area contributed by atoms with Crippen LogP contribution in [0.1, 0.15) is 12.8 Å². The maximum absolute atomic E-state index is 12.2. The van der Waals surface area contributed by atoms with Crippen molar-refractivity contribution < 1.29 is 18.3 Å². The highest BCUT2D eigenvalue weighted by atomic mass is 35.5. The Kier molecular flexibility index (Phi) is 5.50. The summed E-state index contributed by atoms with van der Waals surface area (Å²) >= 11 is 12.6. The molecule has 2 heterocycles. The molecule has 0 atom stereocenters. The molecule has 1 saturated heterocycles. The van der Waals surface area contributed by atoms with Crippen LogP contribution in [-0.4, -0.2) is 50.1 Å². The van der Waals surface area contributed by atoms with Gasteiger partial charge in [0.1, 0.15) is 9.23 Å². The van der Waals surface area contributed by atoms with E-state index < -0.39 is 16.0 Å². The molecule has 6 nitrogen and oxygen atoms in total. The van der Waals surface area contributed by atoms with Crippen molar-refractivity contribution in [2.75, 3.05) is 19.6 Å². The molecule has 118 valence electrons. The molecule has 1 aromatic rings. The van der Waals surface area contributed by atoms with Crippen LogP contribution in [-0.2, 0) is 14.8 Å². The van der Waals surface area contributed by atoms with Crippen molar-refractivity contribution in [2.45, 2.75) is 23.8 Å². The quantitative estimate of drug-likeness (QED) is 0.823. The number of likely N-dealkylation sites (tertiary alicyclic amines) is 1. The number of sulfonamides is 1. The first-order valence-corrected chi connectivity index (χ1v) is 9.25. The Morgan fingerprint density at radius 2 is 2.05 bits per heavy atom. The molecule has 10 heteroatoms. The molecule has 0 aliphatic carbocycles. The SMILES string of the molecule is O=C(O)CN1CCC(NS(=O)(=O)c2cc(Cl)sc2Cl)CC1. The summed E-state index contributed by atoms with van der Waals surface area (Å²) in [6.45, 7) is 1.06. The summed E-state index contributed by atoms with van der Waals surface area (Å²) in [5, 5.41) is 8.72. The van der Waals surface area contributed by atoms with E-state index in [4.69, 9.17) is 28.3 Å². The predicted molar refractivity (Wildman–Crippen MR) is 81.8 cm³/mol. The number of carboxylic acids is 1. The molecule has 0 bridgehead atoms. The van der Waals surface area contributed by atoms with Gasteiger partial charge in [0, 0.05) is 19.1 Å². The Balaban J connectivity index is 1.97. The summed E-state index contributed by atoms with van der Waals surface area (Å²) in [7, 11) is -3.70. The number of thiophene rings is 1. The summed E-state index contributed by atoms with van der Waals surface area (Å²) in [4.78, 5) is 12.4. The Bertz CT molecular complexity index is 624. The van der Waals surface area contributed by atoms with E-state index in [0.29, 0.717) is 30.3 Å². The second-order valence-electron chi connectivity index (χ2n) is 4.75. The number of hydrogen-bond donors (Lipinski definition) is 2. The van der Waals surface area contributed by atoms with Gasteiger partial charge in [0.2, 0.25) is 10.0 Å². The molecule has 0 amide bonds. The summed E-state index contributed by atoms with van der Waals surface area (Å²) in [5.74, 6) is -0.881. The molecule has 1 aliphatic heterocycles. The summed E-state index contributed by atoms with van der Waals surface area (Å²) in [6.07, 6.45) is 1.12. The average Bonchev–Trinajstić information content (AvgIpc) is 2.71. The Morgan fingerprint density at radius 3 is 2.52 bits per heavy atom. The molecule has 1 fully saturated rings. The van der Waals surface area contributed by atoms with Gasteiger partial charge in [-0.3, -0.25) is 9.69 Å². The molecule has 2 rings (SSSR count). The minimum absolute atomic E-state index is 0.00728. The molecule has 2 N–H and O–H groups in total. The van der Waals surface area contributed by atoms with E-state index in [1.165, 1.54) is 6.07 Å². The van der Waals surface area contributed by atoms with Gasteiger partial charge in [-0.05, 0) is 18.9 Å². The van der Waals surface area contributed by atoms with Crippen molar-refractivity contribution in [1.29, 1.82) is 0 Å². The summed E-state index contributed by atoms with van der Waals surface area (Å²) < 4.78 is 27.5. The molecule has 0 spiro atoms. The van der Waals surface area contributed by atoms with Crippen molar-refractivity contribution in [3.8, 4) is 0 Å². The fraction of sp³-hybridized carbons (Fsp3) is 0.545. The third-order valence-corrected chi connectivity index (χ3v) is 6.46. The second kappa shape index (κ2) is 6.80. The van der Waals surface area contributed by atoms with Gasteiger partial charge in [-0.25, -0.2) is 13.1 Å². The number of aliphatic carboxylic acids is 1. The van der Waals surface area contributed by atoms with Gasteiger partial charge in [-0.2, -0.15) is 0 Å². The van der Waals surface area contributed by atoms with E-state index in [0.717, 1.165) is 11.3 Å². The average molecular weight is 373 g/mol. The Hall–Kier alpha value is -0.380. The fourth-order valence-electron chi connectivity index (χ4n) is 2.19. The Labute approximate surface area is 136 Å². The lowest BCUT2D eigenvalue weighted by atomic mass is 10.1. The molecule has 1 aliphatic rings. The van der Waals surface area contributed by atoms with E-state index in [9.17, 15) is 13.2 Å². The van der Waals surface area contributed by atoms with Crippen LogP contribution in [0.2, 0.25) is 8.67 Å². The van der Waals surface area contributed by atoms with Crippen LogP contribution < -0.4 is 4.72 Å². The van der Waals surface area contributed by atoms with Gasteiger partial charge in [0.05, 0.1) is 10.9 Å². The zero-order valence-corrected chi connectivity index (χ0v) is 14.0. The molecular weight excluding hydrogens is 359 g/mol. The first kappa shape index (κ1) is 17.0. The molecule has 1 aromatic heterocycles. The first-order valence-electron chi connectivity index (χ1n) is 6.19. The third kappa shape index (κ3) is 4.54. The van der Waals surface area contributed by atoms with Gasteiger partial charge >= 0.3 is 5.97 Å². The number of nitrogens with zero attached hydrogens (tertiary/aromatic N) is 1. The number of carboxylic acid groups (broad SMARTS) is 1. The van der Waals surface area contributed by atoms with Crippen molar-refractivity contribution in [3.05, 3.63) is 14.7 Å². The highest BCUT2D eigenvalue weighted by molar-refractivity contribution is 7.89. The maximum Gasteiger partial charge on any atom is 0.317 e. The smallest absolute Gasteiger partial charge is 0.317 e. The van der Waals surface area contributed by atoms with Crippen LogP contribution in [0, 0.1) is 0 Å². The summed E-state index contributed by atoms with van der Waals surface area (Å²) in [5.41, 5.74) is 0. The number of piperidine rings is 1. The maximum atomic E-state index is 12.2. The first-order chi connectivity index (χ1) is 9.78. The lowest BCUT2D eigenvalue weighted by Crippen LogP contribution is -2.45. The number of rotatable bonds is 5. The topological polar surface area (TPSA) is 86.7 Å². The molecule has 0 unspecified atom stereocenters. The third-order valence-electron chi connectivity index (χ3n) is 3.18. The zero-order chi connectivity index (χ0) is 15.6. The largest absolute Gasteiger partial charge is 0.480 e. The molecular formula is C11H14Cl2N2O4S2. The van der Waals surface area contributed by atoms with Crippen LogP contribution in [0.4, 0.5) is 0 Å². The predicted octanol–water partition coefficient (Wildman–Crippen LogP) is 1.88. The van der Waals surface area contributed by atoms with Crippen LogP contribution in [0.25, 0.3) is 0 Å². The van der Waals surface area contributed by atoms with Crippen LogP contribution in [0.15, 0.2) is 11.0 Å². The number of nitrogens with one attached hydrogen (secondary N) is 1. The van der Waals surface area contributed by atoms with Gasteiger partial charge in [0.25, 0.3) is 0 Å². The second-order valence-corrected chi connectivity index (χ2v) is 8.72. The minimum atomic E-state index is -3.70. The number of halogens is 2. The van der Waals surface area contributed by atoms with E-state index in [2.05, 4.69) is 4.72 Å². The van der Waals surface area contributed by atoms with Crippen molar-refractivity contribution >= 4 is 50.5 Å². The van der Waals surface area contributed by atoms with Crippen molar-refractivity contribution in [3.63, 3.8) is 0 Å². The van der Waals surface area contributed by atoms with E-state index in [1.807, 2.05) is 0 Å². The monoisotopic (exact) mass is 372 g/mol. The zero-order valence-electron chi connectivity index (χ0n) is 10.9. The number of hydrogen-bond acceptors (Lipinski definition) is 5. The normalized spacial score (nSPS) is 18.0. The van der Waals surface area contributed by atoms with E-state index in [-0.39, 0.29) is 21.8 Å². The van der Waals surface area contributed by atoms with Crippen molar-refractivity contribution in [1.82, 2.24) is 9.62 Å². The fourth-order valence-corrected chi connectivity index (χ4v) is 5.65. The molecule has 0 radical (unpaired) electrons. The molecule has 21 heavy (non-hydrogen) atoms. The van der Waals surface area contributed by atoms with Crippen LogP contribution in [0.3, 0.4) is 0 Å². The Morgan fingerprint density at radius 1 is 1.43 bits per heavy atom. The number of carbonyl (C=O) groups is 1. The van der Waals surface area contributed by atoms with Gasteiger partial charge < -0.3 is 5.11 Å². The van der Waals surface area contributed by atoms with Gasteiger partial charge in [-0.1, -0.05) is 23.2 Å².